The van der Waals surface area contributed by atoms with E-state index in [1.807, 2.05) is 48.3 Å². The van der Waals surface area contributed by atoms with Gasteiger partial charge in [0.1, 0.15) is 12.4 Å². The summed E-state index contributed by atoms with van der Waals surface area (Å²) in [5, 5.41) is 3.29. The van der Waals surface area contributed by atoms with Gasteiger partial charge in [-0.05, 0) is 50.6 Å². The number of ether oxygens (including phenoxy) is 1. The molecule has 0 saturated carbocycles. The minimum absolute atomic E-state index is 0.0931. The largest absolute Gasteiger partial charge is 0.489 e. The molecule has 0 bridgehead atoms. The Balaban J connectivity index is 1.62. The van der Waals surface area contributed by atoms with Gasteiger partial charge in [0.05, 0.1) is 0 Å². The quantitative estimate of drug-likeness (QED) is 0.908. The first-order chi connectivity index (χ1) is 12.2. The van der Waals surface area contributed by atoms with Gasteiger partial charge in [-0.3, -0.25) is 4.79 Å². The van der Waals surface area contributed by atoms with Crippen molar-refractivity contribution in [1.82, 2.24) is 10.2 Å². The second kappa shape index (κ2) is 8.17. The van der Waals surface area contributed by atoms with Gasteiger partial charge >= 0.3 is 0 Å². The van der Waals surface area contributed by atoms with E-state index in [0.717, 1.165) is 37.2 Å². The number of carbonyl (C=O) groups excluding carboxylic acids is 1. The number of rotatable bonds is 5. The van der Waals surface area contributed by atoms with Gasteiger partial charge in [-0.15, -0.1) is 0 Å². The Morgan fingerprint density at radius 1 is 1.16 bits per heavy atom. The van der Waals surface area contributed by atoms with Crippen LogP contribution in [0.25, 0.3) is 0 Å². The Hall–Kier alpha value is -2.33. The monoisotopic (exact) mass is 338 g/mol. The smallest absolute Gasteiger partial charge is 0.253 e. The summed E-state index contributed by atoms with van der Waals surface area (Å²) in [6, 6.07) is 16.3. The molecule has 25 heavy (non-hydrogen) atoms. The van der Waals surface area contributed by atoms with Crippen LogP contribution in [0.2, 0.25) is 0 Å². The van der Waals surface area contributed by atoms with Crippen LogP contribution in [0.15, 0.2) is 48.5 Å². The second-order valence-electron chi connectivity index (χ2n) is 6.66. The maximum Gasteiger partial charge on any atom is 0.253 e. The zero-order valence-electron chi connectivity index (χ0n) is 15.0. The number of hydrogen-bond acceptors (Lipinski definition) is 3. The van der Waals surface area contributed by atoms with Crippen LogP contribution >= 0.6 is 0 Å². The molecule has 2 aromatic rings. The summed E-state index contributed by atoms with van der Waals surface area (Å²) in [5.41, 5.74) is 3.05. The molecular formula is C21H26N2O2. The van der Waals surface area contributed by atoms with E-state index in [9.17, 15) is 4.79 Å². The first-order valence-electron chi connectivity index (χ1n) is 8.90. The number of nitrogens with one attached hydrogen (secondary N) is 1. The van der Waals surface area contributed by atoms with Gasteiger partial charge in [-0.1, -0.05) is 35.9 Å². The third-order valence-corrected chi connectivity index (χ3v) is 4.76. The molecule has 0 aliphatic carbocycles. The predicted octanol–water partition coefficient (Wildman–Crippen LogP) is 3.40. The molecule has 132 valence electrons. The predicted molar refractivity (Wildman–Crippen MR) is 99.9 cm³/mol. The summed E-state index contributed by atoms with van der Waals surface area (Å²) in [7, 11) is 1.98. The molecule has 0 atom stereocenters. The Labute approximate surface area is 149 Å². The molecule has 1 heterocycles. The first-order valence-corrected chi connectivity index (χ1v) is 8.90. The fourth-order valence-electron chi connectivity index (χ4n) is 3.24. The highest BCUT2D eigenvalue weighted by atomic mass is 16.5. The summed E-state index contributed by atoms with van der Waals surface area (Å²) < 4.78 is 5.88. The van der Waals surface area contributed by atoms with Crippen LogP contribution in [-0.2, 0) is 6.61 Å². The van der Waals surface area contributed by atoms with Crippen molar-refractivity contribution in [3.05, 3.63) is 65.2 Å². The van der Waals surface area contributed by atoms with Gasteiger partial charge < -0.3 is 15.0 Å². The third kappa shape index (κ3) is 4.60. The minimum atomic E-state index is 0.0931. The standard InChI is InChI=1S/C21H26N2O2/c1-16-5-3-6-17(13-16)15-25-20-8-4-7-18(14-20)21(24)23-11-9-19(22-2)10-12-23/h3-8,13-14,19,22H,9-12,15H2,1-2H3. The van der Waals surface area contributed by atoms with Crippen molar-refractivity contribution < 1.29 is 9.53 Å². The van der Waals surface area contributed by atoms with E-state index in [-0.39, 0.29) is 5.91 Å². The first kappa shape index (κ1) is 17.5. The lowest BCUT2D eigenvalue weighted by molar-refractivity contribution is 0.0707. The van der Waals surface area contributed by atoms with E-state index in [2.05, 4.69) is 24.4 Å². The van der Waals surface area contributed by atoms with Gasteiger partial charge in [0.15, 0.2) is 0 Å². The van der Waals surface area contributed by atoms with Crippen LogP contribution in [0.4, 0.5) is 0 Å². The number of nitrogens with zero attached hydrogens (tertiary/aromatic N) is 1. The fraction of sp³-hybridized carbons (Fsp3) is 0.381. The normalized spacial score (nSPS) is 15.2. The number of hydrogen-bond donors (Lipinski definition) is 1. The van der Waals surface area contributed by atoms with Gasteiger partial charge in [0.25, 0.3) is 5.91 Å². The van der Waals surface area contributed by atoms with E-state index >= 15 is 0 Å². The zero-order valence-corrected chi connectivity index (χ0v) is 15.0. The van der Waals surface area contributed by atoms with Gasteiger partial charge in [0.2, 0.25) is 0 Å². The van der Waals surface area contributed by atoms with Gasteiger partial charge in [0, 0.05) is 24.7 Å². The SMILES string of the molecule is CNC1CCN(C(=O)c2cccc(OCc3cccc(C)c3)c2)CC1. The number of carbonyl (C=O) groups is 1. The lowest BCUT2D eigenvalue weighted by atomic mass is 10.0. The number of amides is 1. The van der Waals surface area contributed by atoms with Crippen molar-refractivity contribution in [2.45, 2.75) is 32.4 Å². The van der Waals surface area contributed by atoms with Gasteiger partial charge in [-0.2, -0.15) is 0 Å². The molecule has 1 amide bonds. The maximum atomic E-state index is 12.7. The van der Waals surface area contributed by atoms with E-state index < -0.39 is 0 Å². The molecule has 4 heteroatoms. The number of benzene rings is 2. The van der Waals surface area contributed by atoms with Crippen LogP contribution in [0, 0.1) is 6.92 Å². The summed E-state index contributed by atoms with van der Waals surface area (Å²) >= 11 is 0. The van der Waals surface area contributed by atoms with Crippen LogP contribution in [-0.4, -0.2) is 37.0 Å². The maximum absolute atomic E-state index is 12.7. The van der Waals surface area contributed by atoms with Crippen molar-refractivity contribution in [3.63, 3.8) is 0 Å². The number of likely N-dealkylation sites (tertiary alicyclic amines) is 1. The average Bonchev–Trinajstić information content (AvgIpc) is 2.66. The highest BCUT2D eigenvalue weighted by molar-refractivity contribution is 5.94. The highest BCUT2D eigenvalue weighted by Gasteiger charge is 2.22. The number of piperidine rings is 1. The van der Waals surface area contributed by atoms with Crippen molar-refractivity contribution in [2.24, 2.45) is 0 Å². The van der Waals surface area contributed by atoms with E-state index in [0.29, 0.717) is 18.2 Å². The molecular weight excluding hydrogens is 312 g/mol. The summed E-state index contributed by atoms with van der Waals surface area (Å²) in [4.78, 5) is 14.7. The summed E-state index contributed by atoms with van der Waals surface area (Å²) in [6.45, 7) is 4.18. The molecule has 1 aliphatic rings. The van der Waals surface area contributed by atoms with Crippen molar-refractivity contribution in [2.75, 3.05) is 20.1 Å². The fourth-order valence-corrected chi connectivity index (χ4v) is 3.24. The topological polar surface area (TPSA) is 41.6 Å². The van der Waals surface area contributed by atoms with E-state index in [1.54, 1.807) is 0 Å². The average molecular weight is 338 g/mol. The van der Waals surface area contributed by atoms with Crippen LogP contribution in [0.5, 0.6) is 5.75 Å². The lowest BCUT2D eigenvalue weighted by Gasteiger charge is -2.31. The molecule has 1 aliphatic heterocycles. The second-order valence-corrected chi connectivity index (χ2v) is 6.66. The zero-order chi connectivity index (χ0) is 17.6. The molecule has 4 nitrogen and oxygen atoms in total. The van der Waals surface area contributed by atoms with Gasteiger partial charge in [-0.25, -0.2) is 0 Å². The Bertz CT molecular complexity index is 721. The molecule has 1 saturated heterocycles. The molecule has 0 radical (unpaired) electrons. The molecule has 1 N–H and O–H groups in total. The minimum Gasteiger partial charge on any atom is -0.489 e. The summed E-state index contributed by atoms with van der Waals surface area (Å²) in [6.07, 6.45) is 2.01. The third-order valence-electron chi connectivity index (χ3n) is 4.76. The lowest BCUT2D eigenvalue weighted by Crippen LogP contribution is -2.43. The molecule has 1 fully saturated rings. The molecule has 2 aromatic carbocycles. The highest BCUT2D eigenvalue weighted by Crippen LogP contribution is 2.19. The molecule has 0 spiro atoms. The Morgan fingerprint density at radius 3 is 2.64 bits per heavy atom. The van der Waals surface area contributed by atoms with Crippen molar-refractivity contribution in [3.8, 4) is 5.75 Å². The van der Waals surface area contributed by atoms with E-state index in [1.165, 1.54) is 5.56 Å². The van der Waals surface area contributed by atoms with Crippen LogP contribution < -0.4 is 10.1 Å². The molecule has 0 unspecified atom stereocenters. The van der Waals surface area contributed by atoms with Crippen molar-refractivity contribution in [1.29, 1.82) is 0 Å². The van der Waals surface area contributed by atoms with E-state index in [4.69, 9.17) is 4.74 Å². The van der Waals surface area contributed by atoms with Crippen molar-refractivity contribution >= 4 is 5.91 Å². The van der Waals surface area contributed by atoms with Crippen LogP contribution in [0.1, 0.15) is 34.3 Å². The number of aryl methyl sites for hydroxylation is 1. The molecule has 0 aromatic heterocycles. The summed E-state index contributed by atoms with van der Waals surface area (Å²) in [5.74, 6) is 0.827. The molecule has 3 rings (SSSR count). The Morgan fingerprint density at radius 2 is 1.92 bits per heavy atom. The van der Waals surface area contributed by atoms with Crippen LogP contribution in [0.3, 0.4) is 0 Å². The Kier molecular flexibility index (Phi) is 5.71.